The number of rotatable bonds is 9. The molecule has 3 N–H and O–H groups in total. The van der Waals surface area contributed by atoms with Crippen molar-refractivity contribution in [3.8, 4) is 5.75 Å². The van der Waals surface area contributed by atoms with E-state index in [2.05, 4.69) is 15.4 Å². The Bertz CT molecular complexity index is 1170. The van der Waals surface area contributed by atoms with Gasteiger partial charge in [-0.3, -0.25) is 4.79 Å². The predicted molar refractivity (Wildman–Crippen MR) is 121 cm³/mol. The zero-order valence-corrected chi connectivity index (χ0v) is 18.9. The summed E-state index contributed by atoms with van der Waals surface area (Å²) in [5.41, 5.74) is -0.159. The molecule has 3 rings (SSSR count). The molecule has 2 aromatic rings. The quantitative estimate of drug-likeness (QED) is 0.265. The maximum Gasteiger partial charge on any atom is 0.573 e. The van der Waals surface area contributed by atoms with Crippen LogP contribution in [0.4, 0.5) is 23.2 Å². The van der Waals surface area contributed by atoms with Crippen molar-refractivity contribution in [2.24, 2.45) is 0 Å². The molecule has 1 aliphatic carbocycles. The van der Waals surface area contributed by atoms with E-state index in [1.807, 2.05) is 6.92 Å². The lowest BCUT2D eigenvalue weighted by atomic mass is 9.93. The molecule has 186 valence electrons. The minimum Gasteiger partial charge on any atom is -0.465 e. The first-order chi connectivity index (χ1) is 16.5. The fourth-order valence-corrected chi connectivity index (χ4v) is 3.64. The molecule has 0 radical (unpaired) electrons. The summed E-state index contributed by atoms with van der Waals surface area (Å²) in [6.07, 6.45) is -1.75. The van der Waals surface area contributed by atoms with Gasteiger partial charge in [0.15, 0.2) is 0 Å². The van der Waals surface area contributed by atoms with Gasteiger partial charge in [-0.15, -0.1) is 13.2 Å². The molecule has 1 saturated carbocycles. The fraction of sp³-hybridized carbons (Fsp3) is 0.292. The van der Waals surface area contributed by atoms with Crippen molar-refractivity contribution < 1.29 is 36.6 Å². The van der Waals surface area contributed by atoms with Crippen molar-refractivity contribution in [3.63, 3.8) is 0 Å². The second-order valence-corrected chi connectivity index (χ2v) is 7.78. The molecule has 0 bridgehead atoms. The second kappa shape index (κ2) is 10.2. The van der Waals surface area contributed by atoms with E-state index in [0.717, 1.165) is 18.3 Å². The number of halogens is 4. The van der Waals surface area contributed by atoms with Gasteiger partial charge in [0.05, 0.1) is 18.1 Å². The number of nitrogens with one attached hydrogen (secondary N) is 3. The third-order valence-electron chi connectivity index (χ3n) is 5.49. The number of carbonyl (C=O) groups excluding carboxylic acids is 2. The number of allylic oxidation sites excluding steroid dienone is 1. The number of benzene rings is 2. The maximum absolute atomic E-state index is 14.6. The normalized spacial score (nSPS) is 14.6. The summed E-state index contributed by atoms with van der Waals surface area (Å²) in [5.74, 6) is -2.97. The standard InChI is InChI=1S/C24H23F4N3O4/c1-3-30-13-14(12-29)17-6-4-15(10-18(17)21(32)34-2)31-22(33)23(8-9-23)19-7-5-16(11-20(19)25)35-24(26,27)28/h4-7,10-13,29-30H,3,8-9H2,1-2H3,(H,31,33)/b14-13+,29-12?. The van der Waals surface area contributed by atoms with Gasteiger partial charge >= 0.3 is 12.3 Å². The van der Waals surface area contributed by atoms with Crippen LogP contribution in [0, 0.1) is 11.2 Å². The van der Waals surface area contributed by atoms with Gasteiger partial charge in [-0.1, -0.05) is 12.1 Å². The summed E-state index contributed by atoms with van der Waals surface area (Å²) in [5, 5.41) is 13.3. The third-order valence-corrected chi connectivity index (χ3v) is 5.49. The molecule has 0 aromatic heterocycles. The van der Waals surface area contributed by atoms with Crippen LogP contribution in [0.1, 0.15) is 41.3 Å². The average molecular weight is 493 g/mol. The van der Waals surface area contributed by atoms with Crippen molar-refractivity contribution in [3.05, 3.63) is 65.1 Å². The van der Waals surface area contributed by atoms with Gasteiger partial charge < -0.3 is 25.5 Å². The number of ether oxygens (including phenoxy) is 2. The highest BCUT2D eigenvalue weighted by Gasteiger charge is 2.53. The van der Waals surface area contributed by atoms with E-state index in [4.69, 9.17) is 10.1 Å². The van der Waals surface area contributed by atoms with Gasteiger partial charge in [-0.2, -0.15) is 0 Å². The maximum atomic E-state index is 14.6. The number of methoxy groups -OCH3 is 1. The fourth-order valence-electron chi connectivity index (χ4n) is 3.64. The van der Waals surface area contributed by atoms with Crippen LogP contribution in [-0.4, -0.2) is 38.1 Å². The Kier molecular flexibility index (Phi) is 7.47. The van der Waals surface area contributed by atoms with Gasteiger partial charge in [0, 0.05) is 41.8 Å². The van der Waals surface area contributed by atoms with Gasteiger partial charge in [0.2, 0.25) is 5.91 Å². The van der Waals surface area contributed by atoms with Crippen molar-refractivity contribution >= 4 is 29.4 Å². The minimum absolute atomic E-state index is 0.0472. The highest BCUT2D eigenvalue weighted by Crippen LogP contribution is 2.50. The lowest BCUT2D eigenvalue weighted by molar-refractivity contribution is -0.274. The SMILES string of the molecule is CCN/C=C(\C=N)c1ccc(NC(=O)C2(c3ccc(OC(F)(F)F)cc3F)CC2)cc1C(=O)OC. The summed E-state index contributed by atoms with van der Waals surface area (Å²) in [6.45, 7) is 2.46. The second-order valence-electron chi connectivity index (χ2n) is 7.78. The number of hydrogen-bond acceptors (Lipinski definition) is 6. The lowest BCUT2D eigenvalue weighted by Gasteiger charge is -2.18. The van der Waals surface area contributed by atoms with Gasteiger partial charge in [-0.05, 0) is 43.5 Å². The zero-order valence-electron chi connectivity index (χ0n) is 18.9. The molecular formula is C24H23F4N3O4. The van der Waals surface area contributed by atoms with Gasteiger partial charge in [-0.25, -0.2) is 9.18 Å². The van der Waals surface area contributed by atoms with Crippen molar-refractivity contribution in [2.45, 2.75) is 31.5 Å². The number of carbonyl (C=O) groups is 2. The number of hydrogen-bond donors (Lipinski definition) is 3. The summed E-state index contributed by atoms with van der Waals surface area (Å²) >= 11 is 0. The highest BCUT2D eigenvalue weighted by molar-refractivity contribution is 6.13. The highest BCUT2D eigenvalue weighted by atomic mass is 19.4. The Hall–Kier alpha value is -3.89. The van der Waals surface area contributed by atoms with Gasteiger partial charge in [0.1, 0.15) is 11.6 Å². The van der Waals surface area contributed by atoms with Crippen molar-refractivity contribution in [1.82, 2.24) is 5.32 Å². The Morgan fingerprint density at radius 2 is 1.86 bits per heavy atom. The molecule has 0 heterocycles. The van der Waals surface area contributed by atoms with Crippen molar-refractivity contribution in [1.29, 1.82) is 5.41 Å². The molecule has 0 saturated heterocycles. The van der Waals surface area contributed by atoms with Crippen LogP contribution in [-0.2, 0) is 14.9 Å². The Balaban J connectivity index is 1.88. The number of anilines is 1. The number of esters is 1. The van der Waals surface area contributed by atoms with Crippen LogP contribution in [0.2, 0.25) is 0 Å². The predicted octanol–water partition coefficient (Wildman–Crippen LogP) is 4.78. The van der Waals surface area contributed by atoms with Crippen molar-refractivity contribution in [2.75, 3.05) is 19.0 Å². The van der Waals surface area contributed by atoms with Crippen LogP contribution in [0.3, 0.4) is 0 Å². The molecule has 0 atom stereocenters. The monoisotopic (exact) mass is 493 g/mol. The molecule has 0 aliphatic heterocycles. The molecule has 0 spiro atoms. The number of amides is 1. The average Bonchev–Trinajstić information content (AvgIpc) is 3.60. The van der Waals surface area contributed by atoms with Crippen LogP contribution in [0.25, 0.3) is 5.57 Å². The van der Waals surface area contributed by atoms with E-state index >= 15 is 0 Å². The molecule has 7 nitrogen and oxygen atoms in total. The van der Waals surface area contributed by atoms with E-state index < -0.39 is 35.2 Å². The first-order valence-corrected chi connectivity index (χ1v) is 10.6. The molecule has 2 aromatic carbocycles. The summed E-state index contributed by atoms with van der Waals surface area (Å²) in [4.78, 5) is 25.4. The first kappa shape index (κ1) is 25.7. The Labute approximate surface area is 198 Å². The van der Waals surface area contributed by atoms with E-state index in [1.165, 1.54) is 19.2 Å². The summed E-state index contributed by atoms with van der Waals surface area (Å²) in [6, 6.07) is 7.10. The molecule has 1 aliphatic rings. The zero-order chi connectivity index (χ0) is 25.8. The summed E-state index contributed by atoms with van der Waals surface area (Å²) < 4.78 is 60.4. The third kappa shape index (κ3) is 5.79. The number of alkyl halides is 3. The van der Waals surface area contributed by atoms with E-state index in [0.29, 0.717) is 36.6 Å². The molecule has 35 heavy (non-hydrogen) atoms. The van der Waals surface area contributed by atoms with Crippen LogP contribution >= 0.6 is 0 Å². The largest absolute Gasteiger partial charge is 0.573 e. The van der Waals surface area contributed by atoms with E-state index in [-0.39, 0.29) is 16.8 Å². The van der Waals surface area contributed by atoms with Crippen LogP contribution < -0.4 is 15.4 Å². The lowest BCUT2D eigenvalue weighted by Crippen LogP contribution is -2.29. The smallest absolute Gasteiger partial charge is 0.465 e. The first-order valence-electron chi connectivity index (χ1n) is 10.6. The van der Waals surface area contributed by atoms with Gasteiger partial charge in [0.25, 0.3) is 0 Å². The molecule has 0 unspecified atom stereocenters. The molecule has 11 heteroatoms. The molecule has 1 amide bonds. The van der Waals surface area contributed by atoms with Crippen LogP contribution in [0.5, 0.6) is 5.75 Å². The summed E-state index contributed by atoms with van der Waals surface area (Å²) in [7, 11) is 1.20. The Morgan fingerprint density at radius 3 is 2.40 bits per heavy atom. The van der Waals surface area contributed by atoms with E-state index in [1.54, 1.807) is 12.3 Å². The topological polar surface area (TPSA) is 101 Å². The molecular weight excluding hydrogens is 470 g/mol. The minimum atomic E-state index is -4.97. The van der Waals surface area contributed by atoms with E-state index in [9.17, 15) is 27.2 Å². The Morgan fingerprint density at radius 1 is 1.14 bits per heavy atom. The van der Waals surface area contributed by atoms with Crippen LogP contribution in [0.15, 0.2) is 42.6 Å². The molecule has 1 fully saturated rings.